The molecular weight excluding hydrogens is 265 g/mol. The van der Waals surface area contributed by atoms with E-state index in [1.54, 1.807) is 12.1 Å². The van der Waals surface area contributed by atoms with E-state index in [9.17, 15) is 13.2 Å². The van der Waals surface area contributed by atoms with Crippen LogP contribution >= 0.6 is 0 Å². The van der Waals surface area contributed by atoms with Crippen LogP contribution < -0.4 is 5.32 Å². The third-order valence-electron chi connectivity index (χ3n) is 3.84. The van der Waals surface area contributed by atoms with Crippen molar-refractivity contribution in [1.82, 2.24) is 10.2 Å². The summed E-state index contributed by atoms with van der Waals surface area (Å²) < 4.78 is 39.1. The predicted molar refractivity (Wildman–Crippen MR) is 73.4 cm³/mol. The summed E-state index contributed by atoms with van der Waals surface area (Å²) in [4.78, 5) is 2.16. The Morgan fingerprint density at radius 2 is 2.00 bits per heavy atom. The number of nitrogens with zero attached hydrogens (tertiary/aromatic N) is 1. The lowest BCUT2D eigenvalue weighted by Gasteiger charge is -2.33. The summed E-state index contributed by atoms with van der Waals surface area (Å²) in [6, 6.07) is 6.41. The van der Waals surface area contributed by atoms with Crippen molar-refractivity contribution < 1.29 is 13.2 Å². The molecule has 0 aromatic heterocycles. The summed E-state index contributed by atoms with van der Waals surface area (Å²) in [5, 5.41) is 3.27. The second-order valence-corrected chi connectivity index (χ2v) is 5.57. The molecule has 1 aliphatic heterocycles. The Morgan fingerprint density at radius 3 is 2.55 bits per heavy atom. The zero-order valence-corrected chi connectivity index (χ0v) is 11.9. The van der Waals surface area contributed by atoms with E-state index in [0.717, 1.165) is 19.5 Å². The highest BCUT2D eigenvalue weighted by Gasteiger charge is 2.34. The molecule has 1 N–H and O–H groups in total. The van der Waals surface area contributed by atoms with E-state index in [4.69, 9.17) is 0 Å². The molecule has 0 amide bonds. The van der Waals surface area contributed by atoms with Gasteiger partial charge in [0.25, 0.3) is 0 Å². The zero-order chi connectivity index (χ0) is 14.8. The third kappa shape index (κ3) is 3.52. The molecule has 1 atom stereocenters. The molecule has 0 bridgehead atoms. The molecule has 1 fully saturated rings. The summed E-state index contributed by atoms with van der Waals surface area (Å²) in [5.41, 5.74) is -0.155. The normalized spacial score (nSPS) is 20.1. The van der Waals surface area contributed by atoms with Crippen molar-refractivity contribution >= 4 is 0 Å². The average molecular weight is 286 g/mol. The first-order valence-electron chi connectivity index (χ1n) is 7.01. The second kappa shape index (κ2) is 6.14. The minimum atomic E-state index is -4.28. The van der Waals surface area contributed by atoms with Gasteiger partial charge in [-0.3, -0.25) is 4.90 Å². The SMILES string of the molecule is CC(C)N(Cc1ccccc1C(F)(F)F)[C@H]1CCNC1. The number of rotatable bonds is 4. The van der Waals surface area contributed by atoms with E-state index in [0.29, 0.717) is 18.2 Å². The van der Waals surface area contributed by atoms with E-state index in [-0.39, 0.29) is 6.04 Å². The van der Waals surface area contributed by atoms with Gasteiger partial charge in [-0.25, -0.2) is 0 Å². The van der Waals surface area contributed by atoms with Gasteiger partial charge in [0.15, 0.2) is 0 Å². The molecule has 0 radical (unpaired) electrons. The first kappa shape index (κ1) is 15.3. The molecule has 112 valence electrons. The molecule has 2 rings (SSSR count). The van der Waals surface area contributed by atoms with Crippen molar-refractivity contribution in [2.75, 3.05) is 13.1 Å². The second-order valence-electron chi connectivity index (χ2n) is 5.57. The first-order valence-corrected chi connectivity index (χ1v) is 7.01. The summed E-state index contributed by atoms with van der Waals surface area (Å²) in [5.74, 6) is 0. The third-order valence-corrected chi connectivity index (χ3v) is 3.84. The number of hydrogen-bond acceptors (Lipinski definition) is 2. The summed E-state index contributed by atoms with van der Waals surface area (Å²) in [7, 11) is 0. The highest BCUT2D eigenvalue weighted by Crippen LogP contribution is 2.33. The largest absolute Gasteiger partial charge is 0.416 e. The number of hydrogen-bond donors (Lipinski definition) is 1. The fourth-order valence-electron chi connectivity index (χ4n) is 2.79. The van der Waals surface area contributed by atoms with Crippen LogP contribution in [0, 0.1) is 0 Å². The summed E-state index contributed by atoms with van der Waals surface area (Å²) >= 11 is 0. The lowest BCUT2D eigenvalue weighted by atomic mass is 10.0. The molecule has 5 heteroatoms. The smallest absolute Gasteiger partial charge is 0.315 e. The lowest BCUT2D eigenvalue weighted by Crippen LogP contribution is -2.41. The van der Waals surface area contributed by atoms with E-state index < -0.39 is 11.7 Å². The Labute approximate surface area is 118 Å². The van der Waals surface area contributed by atoms with Crippen LogP contribution in [0.1, 0.15) is 31.4 Å². The Hall–Kier alpha value is -1.07. The predicted octanol–water partition coefficient (Wildman–Crippen LogP) is 3.28. The molecule has 1 saturated heterocycles. The Kier molecular flexibility index (Phi) is 4.70. The van der Waals surface area contributed by atoms with Gasteiger partial charge < -0.3 is 5.32 Å². The van der Waals surface area contributed by atoms with Crippen molar-refractivity contribution in [3.63, 3.8) is 0 Å². The van der Waals surface area contributed by atoms with Gasteiger partial charge in [0, 0.05) is 25.2 Å². The quantitative estimate of drug-likeness (QED) is 0.914. The van der Waals surface area contributed by atoms with Crippen LogP contribution in [-0.4, -0.2) is 30.1 Å². The minimum Gasteiger partial charge on any atom is -0.315 e. The molecule has 1 aromatic carbocycles. The number of nitrogens with one attached hydrogen (secondary N) is 1. The van der Waals surface area contributed by atoms with Gasteiger partial charge in [-0.2, -0.15) is 13.2 Å². The minimum absolute atomic E-state index is 0.223. The van der Waals surface area contributed by atoms with Crippen LogP contribution in [-0.2, 0) is 12.7 Å². The van der Waals surface area contributed by atoms with Crippen molar-refractivity contribution in [2.24, 2.45) is 0 Å². The maximum atomic E-state index is 13.0. The van der Waals surface area contributed by atoms with Gasteiger partial charge >= 0.3 is 6.18 Å². The van der Waals surface area contributed by atoms with Gasteiger partial charge in [-0.05, 0) is 38.4 Å². The van der Waals surface area contributed by atoms with Crippen molar-refractivity contribution in [2.45, 2.75) is 45.1 Å². The standard InChI is InChI=1S/C15H21F3N2/c1-11(2)20(13-7-8-19-9-13)10-12-5-3-4-6-14(12)15(16,17)18/h3-6,11,13,19H,7-10H2,1-2H3/t13-/m0/s1. The Balaban J connectivity index is 2.22. The first-order chi connectivity index (χ1) is 9.39. The maximum Gasteiger partial charge on any atom is 0.416 e. The number of alkyl halides is 3. The molecule has 20 heavy (non-hydrogen) atoms. The number of benzene rings is 1. The van der Waals surface area contributed by atoms with Gasteiger partial charge in [0.05, 0.1) is 5.56 Å². The monoisotopic (exact) mass is 286 g/mol. The number of halogens is 3. The lowest BCUT2D eigenvalue weighted by molar-refractivity contribution is -0.138. The van der Waals surface area contributed by atoms with Gasteiger partial charge in [-0.1, -0.05) is 18.2 Å². The molecule has 1 heterocycles. The van der Waals surface area contributed by atoms with Crippen LogP contribution in [0.2, 0.25) is 0 Å². The van der Waals surface area contributed by atoms with Crippen molar-refractivity contribution in [1.29, 1.82) is 0 Å². The van der Waals surface area contributed by atoms with Gasteiger partial charge in [-0.15, -0.1) is 0 Å². The van der Waals surface area contributed by atoms with E-state index in [1.165, 1.54) is 12.1 Å². The van der Waals surface area contributed by atoms with Gasteiger partial charge in [0.1, 0.15) is 0 Å². The van der Waals surface area contributed by atoms with Crippen molar-refractivity contribution in [3.8, 4) is 0 Å². The molecule has 0 spiro atoms. The average Bonchev–Trinajstić information content (AvgIpc) is 2.88. The summed E-state index contributed by atoms with van der Waals surface area (Å²) in [6.45, 7) is 6.21. The van der Waals surface area contributed by atoms with Crippen molar-refractivity contribution in [3.05, 3.63) is 35.4 Å². The zero-order valence-electron chi connectivity index (χ0n) is 11.9. The molecule has 0 saturated carbocycles. The fraction of sp³-hybridized carbons (Fsp3) is 0.600. The molecule has 2 nitrogen and oxygen atoms in total. The maximum absolute atomic E-state index is 13.0. The summed E-state index contributed by atoms with van der Waals surface area (Å²) in [6.07, 6.45) is -3.29. The Morgan fingerprint density at radius 1 is 1.30 bits per heavy atom. The molecular formula is C15H21F3N2. The topological polar surface area (TPSA) is 15.3 Å². The highest BCUT2D eigenvalue weighted by molar-refractivity contribution is 5.29. The molecule has 0 aliphatic carbocycles. The Bertz CT molecular complexity index is 437. The van der Waals surface area contributed by atoms with E-state index in [1.807, 2.05) is 13.8 Å². The van der Waals surface area contributed by atoms with Crippen LogP contribution in [0.25, 0.3) is 0 Å². The highest BCUT2D eigenvalue weighted by atomic mass is 19.4. The fourth-order valence-corrected chi connectivity index (χ4v) is 2.79. The molecule has 0 unspecified atom stereocenters. The molecule has 1 aromatic rings. The van der Waals surface area contributed by atoms with Crippen LogP contribution in [0.15, 0.2) is 24.3 Å². The van der Waals surface area contributed by atoms with E-state index in [2.05, 4.69) is 10.2 Å². The van der Waals surface area contributed by atoms with E-state index >= 15 is 0 Å². The van der Waals surface area contributed by atoms with Crippen LogP contribution in [0.4, 0.5) is 13.2 Å². The van der Waals surface area contributed by atoms with Gasteiger partial charge in [0.2, 0.25) is 0 Å². The molecule has 1 aliphatic rings. The van der Waals surface area contributed by atoms with Crippen LogP contribution in [0.3, 0.4) is 0 Å². The van der Waals surface area contributed by atoms with Crippen LogP contribution in [0.5, 0.6) is 0 Å².